The van der Waals surface area contributed by atoms with E-state index in [1.165, 1.54) is 55.2 Å². The number of hydrogen-bond donors (Lipinski definition) is 4. The molecular weight excluding hydrogens is 638 g/mol. The fourth-order valence-electron chi connectivity index (χ4n) is 5.59. The number of hydrogen-bond acceptors (Lipinski definition) is 7. The Balaban J connectivity index is 1.77. The Morgan fingerprint density at radius 2 is 1.42 bits per heavy atom. The van der Waals surface area contributed by atoms with Gasteiger partial charge in [-0.05, 0) is 43.0 Å². The van der Waals surface area contributed by atoms with Gasteiger partial charge in [-0.1, -0.05) is 74.5 Å². The number of nitrogens with one attached hydrogen (secondary N) is 4. The van der Waals surface area contributed by atoms with Gasteiger partial charge in [-0.25, -0.2) is 0 Å². The first-order chi connectivity index (χ1) is 23.8. The van der Waals surface area contributed by atoms with Crippen LogP contribution in [0, 0.1) is 5.92 Å². The number of rotatable bonds is 5. The lowest BCUT2D eigenvalue weighted by atomic mass is 10.0. The van der Waals surface area contributed by atoms with E-state index in [4.69, 9.17) is 0 Å². The van der Waals surface area contributed by atoms with Crippen molar-refractivity contribution in [3.8, 4) is 0 Å². The third-order valence-corrected chi connectivity index (χ3v) is 8.69. The molecule has 0 bridgehead atoms. The van der Waals surface area contributed by atoms with Gasteiger partial charge in [0.05, 0.1) is 12.6 Å². The van der Waals surface area contributed by atoms with Gasteiger partial charge in [0.15, 0.2) is 0 Å². The molecule has 13 nitrogen and oxygen atoms in total. The molecule has 1 fully saturated rings. The summed E-state index contributed by atoms with van der Waals surface area (Å²) < 4.78 is 0. The lowest BCUT2D eigenvalue weighted by Crippen LogP contribution is -2.59. The Bertz CT molecular complexity index is 1650. The molecule has 0 aliphatic carbocycles. The maximum atomic E-state index is 14.0. The number of nitrogens with zero attached hydrogens (tertiary/aromatic N) is 3. The maximum absolute atomic E-state index is 14.0. The van der Waals surface area contributed by atoms with E-state index in [2.05, 4.69) is 26.3 Å². The van der Waals surface area contributed by atoms with Crippen LogP contribution in [0.4, 0.5) is 0 Å². The van der Waals surface area contributed by atoms with Gasteiger partial charge >= 0.3 is 0 Å². The lowest BCUT2D eigenvalue weighted by Gasteiger charge is -2.33. The average molecular weight is 684 g/mol. The Kier molecular flexibility index (Phi) is 12.8. The summed E-state index contributed by atoms with van der Waals surface area (Å²) in [6.45, 7) is 5.97. The molecule has 6 amide bonds. The molecule has 2 heterocycles. The molecule has 1 aliphatic heterocycles. The van der Waals surface area contributed by atoms with Crippen molar-refractivity contribution in [1.29, 1.82) is 0 Å². The Labute approximate surface area is 292 Å². The molecule has 1 aliphatic rings. The summed E-state index contributed by atoms with van der Waals surface area (Å²) in [6, 6.07) is 16.1. The number of aromatic nitrogens is 1. The van der Waals surface area contributed by atoms with Gasteiger partial charge in [0.25, 0.3) is 5.91 Å². The van der Waals surface area contributed by atoms with Crippen molar-refractivity contribution in [2.45, 2.75) is 64.3 Å². The number of benzene rings is 2. The van der Waals surface area contributed by atoms with Gasteiger partial charge in [-0.2, -0.15) is 0 Å². The summed E-state index contributed by atoms with van der Waals surface area (Å²) in [4.78, 5) is 88.8. The minimum atomic E-state index is -1.10. The van der Waals surface area contributed by atoms with Crippen molar-refractivity contribution >= 4 is 35.4 Å². The number of pyridine rings is 1. The van der Waals surface area contributed by atoms with Crippen molar-refractivity contribution in [2.24, 2.45) is 5.92 Å². The molecule has 0 spiro atoms. The van der Waals surface area contributed by atoms with E-state index in [0.717, 1.165) is 5.56 Å². The lowest BCUT2D eigenvalue weighted by molar-refractivity contribution is -0.142. The standard InChI is InChI=1S/C37H45N7O6/c1-23(2)32-35(48)39-24(3)33(46)41-30(27-14-10-7-11-15-27)21-44(36(49)28-16-18-38-19-17-28)22-31(45)40-29(20-26-12-8-6-9-13-26)37(50)43(5)25(4)34(47)42-32/h6-19,23-25,29-30,32H,20-22H2,1-5H3,(H,39,48)(H,40,45)(H,41,46)(H,42,47)/t24-,25-,29-,30-,32+/m0/s1. The van der Waals surface area contributed by atoms with Crippen LogP contribution in [0.15, 0.2) is 85.2 Å². The first kappa shape index (κ1) is 37.2. The van der Waals surface area contributed by atoms with Gasteiger partial charge in [0, 0.05) is 38.0 Å². The summed E-state index contributed by atoms with van der Waals surface area (Å²) >= 11 is 0. The molecule has 4 N–H and O–H groups in total. The minimum absolute atomic E-state index is 0.111. The van der Waals surface area contributed by atoms with Gasteiger partial charge in [-0.15, -0.1) is 0 Å². The highest BCUT2D eigenvalue weighted by Gasteiger charge is 2.35. The number of amides is 6. The van der Waals surface area contributed by atoms with Crippen LogP contribution in [0.25, 0.3) is 0 Å². The monoisotopic (exact) mass is 683 g/mol. The third kappa shape index (κ3) is 9.74. The quantitative estimate of drug-likeness (QED) is 0.317. The molecule has 0 radical (unpaired) electrons. The van der Waals surface area contributed by atoms with Crippen LogP contribution in [0.1, 0.15) is 55.2 Å². The zero-order chi connectivity index (χ0) is 36.4. The zero-order valence-corrected chi connectivity index (χ0v) is 29.0. The van der Waals surface area contributed by atoms with Crippen molar-refractivity contribution in [1.82, 2.24) is 36.1 Å². The SMILES string of the molecule is CC(C)[C@H]1NC(=O)[C@H](C)N(C)C(=O)[C@H](Cc2ccccc2)NC(=O)CN(C(=O)c2ccncc2)C[C@@H](c2ccccc2)NC(=O)[C@H](C)NC1=O. The Morgan fingerprint density at radius 3 is 2.04 bits per heavy atom. The highest BCUT2D eigenvalue weighted by Crippen LogP contribution is 2.18. The van der Waals surface area contributed by atoms with Gasteiger partial charge in [0.2, 0.25) is 29.5 Å². The summed E-state index contributed by atoms with van der Waals surface area (Å²) in [5.74, 6) is -3.71. The first-order valence-electron chi connectivity index (χ1n) is 16.6. The molecule has 1 saturated heterocycles. The predicted octanol–water partition coefficient (Wildman–Crippen LogP) is 1.61. The fraction of sp³-hybridized carbons (Fsp3) is 0.378. The highest BCUT2D eigenvalue weighted by atomic mass is 16.2. The summed E-state index contributed by atoms with van der Waals surface area (Å²) in [5.41, 5.74) is 1.69. The number of carbonyl (C=O) groups is 6. The highest BCUT2D eigenvalue weighted by molar-refractivity contribution is 5.98. The zero-order valence-electron chi connectivity index (χ0n) is 29.0. The second kappa shape index (κ2) is 17.2. The second-order valence-electron chi connectivity index (χ2n) is 12.8. The topological polar surface area (TPSA) is 170 Å². The van der Waals surface area contributed by atoms with E-state index >= 15 is 0 Å². The van der Waals surface area contributed by atoms with Crippen LogP contribution in [0.5, 0.6) is 0 Å². The molecule has 50 heavy (non-hydrogen) atoms. The minimum Gasteiger partial charge on any atom is -0.346 e. The smallest absolute Gasteiger partial charge is 0.254 e. The predicted molar refractivity (Wildman–Crippen MR) is 186 cm³/mol. The fourth-order valence-corrected chi connectivity index (χ4v) is 5.59. The third-order valence-electron chi connectivity index (χ3n) is 8.69. The van der Waals surface area contributed by atoms with Crippen molar-refractivity contribution in [3.05, 3.63) is 102 Å². The molecule has 1 aromatic heterocycles. The van der Waals surface area contributed by atoms with E-state index in [0.29, 0.717) is 5.56 Å². The summed E-state index contributed by atoms with van der Waals surface area (Å²) in [5, 5.41) is 11.2. The van der Waals surface area contributed by atoms with Crippen molar-refractivity contribution < 1.29 is 28.8 Å². The largest absolute Gasteiger partial charge is 0.346 e. The van der Waals surface area contributed by atoms with Crippen molar-refractivity contribution in [3.63, 3.8) is 0 Å². The molecular formula is C37H45N7O6. The molecule has 0 unspecified atom stereocenters. The molecule has 0 saturated carbocycles. The molecule has 3 aromatic rings. The molecule has 5 atom stereocenters. The molecule has 4 rings (SSSR count). The van der Waals surface area contributed by atoms with E-state index in [1.54, 1.807) is 38.1 Å². The Hall–Kier alpha value is -5.59. The number of likely N-dealkylation sites (N-methyl/N-ethyl adjacent to an activating group) is 1. The maximum Gasteiger partial charge on any atom is 0.254 e. The van der Waals surface area contributed by atoms with Crippen LogP contribution in [-0.4, -0.2) is 94.5 Å². The van der Waals surface area contributed by atoms with Gasteiger partial charge < -0.3 is 31.1 Å². The van der Waals surface area contributed by atoms with E-state index < -0.39 is 72.2 Å². The Morgan fingerprint density at radius 1 is 0.800 bits per heavy atom. The number of carbonyl (C=O) groups excluding carboxylic acids is 6. The molecule has 13 heteroatoms. The average Bonchev–Trinajstić information content (AvgIpc) is 3.12. The molecule has 2 aromatic carbocycles. The van der Waals surface area contributed by atoms with Gasteiger partial charge in [0.1, 0.15) is 24.2 Å². The van der Waals surface area contributed by atoms with E-state index in [1.807, 2.05) is 36.4 Å². The van der Waals surface area contributed by atoms with E-state index in [-0.39, 0.29) is 24.4 Å². The second-order valence-corrected chi connectivity index (χ2v) is 12.8. The normalized spacial score (nSPS) is 23.2. The van der Waals surface area contributed by atoms with Crippen molar-refractivity contribution in [2.75, 3.05) is 20.1 Å². The molecule has 264 valence electrons. The van der Waals surface area contributed by atoms with Gasteiger partial charge in [-0.3, -0.25) is 33.8 Å². The van der Waals surface area contributed by atoms with Crippen LogP contribution < -0.4 is 21.3 Å². The van der Waals surface area contributed by atoms with Crippen LogP contribution >= 0.6 is 0 Å². The van der Waals surface area contributed by atoms with Crippen LogP contribution in [-0.2, 0) is 30.4 Å². The summed E-state index contributed by atoms with van der Waals surface area (Å²) in [6.07, 6.45) is 3.03. The summed E-state index contributed by atoms with van der Waals surface area (Å²) in [7, 11) is 1.45. The van der Waals surface area contributed by atoms with E-state index in [9.17, 15) is 28.8 Å². The van der Waals surface area contributed by atoms with Crippen LogP contribution in [0.2, 0.25) is 0 Å². The van der Waals surface area contributed by atoms with Crippen LogP contribution in [0.3, 0.4) is 0 Å². The first-order valence-corrected chi connectivity index (χ1v) is 16.6.